The molecule has 0 unspecified atom stereocenters. The highest BCUT2D eigenvalue weighted by molar-refractivity contribution is 6.30. The average Bonchev–Trinajstić information content (AvgIpc) is 2.35. The molecule has 0 bridgehead atoms. The van der Waals surface area contributed by atoms with Gasteiger partial charge in [0.2, 0.25) is 0 Å². The zero-order valence-electron chi connectivity index (χ0n) is 9.96. The maximum atomic E-state index is 13.3. The highest BCUT2D eigenvalue weighted by Crippen LogP contribution is 2.35. The van der Waals surface area contributed by atoms with Crippen molar-refractivity contribution in [2.45, 2.75) is 12.2 Å². The second-order valence-corrected chi connectivity index (χ2v) is 4.55. The standard InChI is InChI=1S/C13H9ClF4N2/c14-8-4-7(5-9(15)6-8)11(19)12-10(13(16,17)18)2-1-3-20-12/h1-6,11H,19H2/t11-/m1/s1. The van der Waals surface area contributed by atoms with Crippen LogP contribution in [0.3, 0.4) is 0 Å². The first-order valence-corrected chi connectivity index (χ1v) is 5.90. The molecular formula is C13H9ClF4N2. The van der Waals surface area contributed by atoms with Crippen molar-refractivity contribution in [3.63, 3.8) is 0 Å². The molecule has 0 aliphatic heterocycles. The summed E-state index contributed by atoms with van der Waals surface area (Å²) in [4.78, 5) is 3.67. The van der Waals surface area contributed by atoms with Gasteiger partial charge >= 0.3 is 6.18 Å². The molecule has 0 aliphatic rings. The lowest BCUT2D eigenvalue weighted by Crippen LogP contribution is -2.20. The van der Waals surface area contributed by atoms with Gasteiger partial charge in [0.25, 0.3) is 0 Å². The molecular weight excluding hydrogens is 296 g/mol. The number of nitrogens with two attached hydrogens (primary N) is 1. The van der Waals surface area contributed by atoms with E-state index in [-0.39, 0.29) is 16.3 Å². The Bertz CT molecular complexity index is 608. The number of alkyl halides is 3. The number of pyridine rings is 1. The fourth-order valence-corrected chi connectivity index (χ4v) is 2.05. The molecule has 0 saturated carbocycles. The summed E-state index contributed by atoms with van der Waals surface area (Å²) in [5.74, 6) is -0.674. The highest BCUT2D eigenvalue weighted by Gasteiger charge is 2.35. The number of hydrogen-bond acceptors (Lipinski definition) is 2. The Kier molecular flexibility index (Phi) is 3.96. The van der Waals surface area contributed by atoms with E-state index in [2.05, 4.69) is 4.98 Å². The zero-order valence-corrected chi connectivity index (χ0v) is 10.7. The first-order valence-electron chi connectivity index (χ1n) is 5.52. The monoisotopic (exact) mass is 304 g/mol. The first kappa shape index (κ1) is 14.7. The summed E-state index contributed by atoms with van der Waals surface area (Å²) in [6.45, 7) is 0. The summed E-state index contributed by atoms with van der Waals surface area (Å²) in [7, 11) is 0. The summed E-state index contributed by atoms with van der Waals surface area (Å²) < 4.78 is 51.9. The minimum atomic E-state index is -4.58. The summed E-state index contributed by atoms with van der Waals surface area (Å²) in [6, 6.07) is 4.21. The van der Waals surface area contributed by atoms with E-state index >= 15 is 0 Å². The minimum Gasteiger partial charge on any atom is -0.319 e. The Hall–Kier alpha value is -1.66. The van der Waals surface area contributed by atoms with Crippen LogP contribution >= 0.6 is 11.6 Å². The van der Waals surface area contributed by atoms with Gasteiger partial charge in [-0.3, -0.25) is 4.98 Å². The van der Waals surface area contributed by atoms with Gasteiger partial charge in [-0.25, -0.2) is 4.39 Å². The van der Waals surface area contributed by atoms with Gasteiger partial charge < -0.3 is 5.73 Å². The highest BCUT2D eigenvalue weighted by atomic mass is 35.5. The quantitative estimate of drug-likeness (QED) is 0.854. The van der Waals surface area contributed by atoms with Crippen molar-refractivity contribution < 1.29 is 17.6 Å². The van der Waals surface area contributed by atoms with E-state index in [0.717, 1.165) is 24.3 Å². The van der Waals surface area contributed by atoms with Gasteiger partial charge in [0.15, 0.2) is 0 Å². The average molecular weight is 305 g/mol. The predicted molar refractivity (Wildman–Crippen MR) is 66.7 cm³/mol. The van der Waals surface area contributed by atoms with Crippen LogP contribution in [-0.2, 0) is 6.18 Å². The summed E-state index contributed by atoms with van der Waals surface area (Å²) >= 11 is 5.67. The molecule has 2 aromatic rings. The van der Waals surface area contributed by atoms with Crippen molar-refractivity contribution in [2.75, 3.05) is 0 Å². The summed E-state index contributed by atoms with van der Waals surface area (Å²) in [6.07, 6.45) is -3.39. The molecule has 1 aromatic carbocycles. The number of aromatic nitrogens is 1. The van der Waals surface area contributed by atoms with Gasteiger partial charge in [-0.05, 0) is 35.9 Å². The lowest BCUT2D eigenvalue weighted by atomic mass is 10.00. The van der Waals surface area contributed by atoms with E-state index < -0.39 is 23.6 Å². The maximum Gasteiger partial charge on any atom is 0.418 e. The van der Waals surface area contributed by atoms with Crippen LogP contribution in [0, 0.1) is 5.82 Å². The van der Waals surface area contributed by atoms with Gasteiger partial charge in [-0.1, -0.05) is 11.6 Å². The molecule has 2 rings (SSSR count). The lowest BCUT2D eigenvalue weighted by Gasteiger charge is -2.17. The van der Waals surface area contributed by atoms with Crippen molar-refractivity contribution in [1.82, 2.24) is 4.98 Å². The van der Waals surface area contributed by atoms with E-state index in [1.165, 1.54) is 12.3 Å². The van der Waals surface area contributed by atoms with Crippen LogP contribution in [0.1, 0.15) is 22.9 Å². The number of hydrogen-bond donors (Lipinski definition) is 1. The second-order valence-electron chi connectivity index (χ2n) is 4.11. The Morgan fingerprint density at radius 1 is 1.20 bits per heavy atom. The molecule has 2 N–H and O–H groups in total. The molecule has 2 nitrogen and oxygen atoms in total. The molecule has 106 valence electrons. The van der Waals surface area contributed by atoms with Gasteiger partial charge in [0.1, 0.15) is 5.82 Å². The van der Waals surface area contributed by atoms with Crippen molar-refractivity contribution in [1.29, 1.82) is 0 Å². The summed E-state index contributed by atoms with van der Waals surface area (Å²) in [5, 5.41) is 0.0555. The molecule has 0 aliphatic carbocycles. The van der Waals surface area contributed by atoms with E-state index in [9.17, 15) is 17.6 Å². The zero-order chi connectivity index (χ0) is 14.9. The maximum absolute atomic E-state index is 13.3. The molecule has 0 fully saturated rings. The van der Waals surface area contributed by atoms with E-state index in [4.69, 9.17) is 17.3 Å². The Morgan fingerprint density at radius 3 is 2.50 bits per heavy atom. The molecule has 0 amide bonds. The predicted octanol–water partition coefficient (Wildman–Crippen LogP) is 3.94. The second kappa shape index (κ2) is 5.38. The van der Waals surface area contributed by atoms with Crippen LogP contribution in [0.25, 0.3) is 0 Å². The third kappa shape index (κ3) is 3.08. The normalized spacial score (nSPS) is 13.3. The first-order chi connectivity index (χ1) is 9.29. The number of rotatable bonds is 2. The van der Waals surface area contributed by atoms with Crippen molar-refractivity contribution in [2.24, 2.45) is 5.73 Å². The van der Waals surface area contributed by atoms with Crippen LogP contribution in [0.15, 0.2) is 36.5 Å². The van der Waals surface area contributed by atoms with Crippen molar-refractivity contribution in [3.8, 4) is 0 Å². The molecule has 20 heavy (non-hydrogen) atoms. The van der Waals surface area contributed by atoms with Crippen LogP contribution in [-0.4, -0.2) is 4.98 Å². The van der Waals surface area contributed by atoms with Crippen molar-refractivity contribution >= 4 is 11.6 Å². The van der Waals surface area contributed by atoms with E-state index in [1.54, 1.807) is 0 Å². The van der Waals surface area contributed by atoms with Crippen LogP contribution in [0.5, 0.6) is 0 Å². The molecule has 1 heterocycles. The SMILES string of the molecule is N[C@H](c1cc(F)cc(Cl)c1)c1ncccc1C(F)(F)F. The molecule has 7 heteroatoms. The third-order valence-electron chi connectivity index (χ3n) is 2.68. The van der Waals surface area contributed by atoms with Crippen LogP contribution < -0.4 is 5.73 Å². The summed E-state index contributed by atoms with van der Waals surface area (Å²) in [5.41, 5.74) is 4.56. The lowest BCUT2D eigenvalue weighted by molar-refractivity contribution is -0.138. The van der Waals surface area contributed by atoms with E-state index in [1.807, 2.05) is 0 Å². The van der Waals surface area contributed by atoms with E-state index in [0.29, 0.717) is 0 Å². The number of benzene rings is 1. The third-order valence-corrected chi connectivity index (χ3v) is 2.90. The number of nitrogens with zero attached hydrogens (tertiary/aromatic N) is 1. The van der Waals surface area contributed by atoms with Crippen LogP contribution in [0.4, 0.5) is 17.6 Å². The van der Waals surface area contributed by atoms with Gasteiger partial charge in [-0.2, -0.15) is 13.2 Å². The molecule has 0 saturated heterocycles. The Morgan fingerprint density at radius 2 is 1.90 bits per heavy atom. The fraction of sp³-hybridized carbons (Fsp3) is 0.154. The number of halogens is 5. The van der Waals surface area contributed by atoms with Crippen LogP contribution in [0.2, 0.25) is 5.02 Å². The molecule has 1 atom stereocenters. The molecule has 0 radical (unpaired) electrons. The Balaban J connectivity index is 2.51. The van der Waals surface area contributed by atoms with Crippen molar-refractivity contribution in [3.05, 3.63) is 64.2 Å². The Labute approximate surface area is 117 Å². The van der Waals surface area contributed by atoms with Gasteiger partial charge in [-0.15, -0.1) is 0 Å². The minimum absolute atomic E-state index is 0.0555. The van der Waals surface area contributed by atoms with Gasteiger partial charge in [0.05, 0.1) is 17.3 Å². The smallest absolute Gasteiger partial charge is 0.319 e. The van der Waals surface area contributed by atoms with Gasteiger partial charge in [0, 0.05) is 11.2 Å². The fourth-order valence-electron chi connectivity index (χ4n) is 1.82. The topological polar surface area (TPSA) is 38.9 Å². The molecule has 0 spiro atoms. The molecule has 1 aromatic heterocycles. The largest absolute Gasteiger partial charge is 0.418 e.